The maximum atomic E-state index is 13.3. The van der Waals surface area contributed by atoms with Crippen LogP contribution in [0.25, 0.3) is 0 Å². The molecule has 0 saturated heterocycles. The topological polar surface area (TPSA) is 66.5 Å². The molecule has 0 bridgehead atoms. The third-order valence-electron chi connectivity index (χ3n) is 5.51. The normalized spacial score (nSPS) is 14.0. The summed E-state index contributed by atoms with van der Waals surface area (Å²) < 4.78 is 67.7. The van der Waals surface area contributed by atoms with Gasteiger partial charge in [-0.15, -0.1) is 0 Å². The first kappa shape index (κ1) is 22.8. The van der Waals surface area contributed by atoms with Gasteiger partial charge in [0.1, 0.15) is 0 Å². The van der Waals surface area contributed by atoms with E-state index in [0.29, 0.717) is 18.5 Å². The van der Waals surface area contributed by atoms with Gasteiger partial charge in [0, 0.05) is 12.2 Å². The summed E-state index contributed by atoms with van der Waals surface area (Å²) >= 11 is 0. The minimum Gasteiger partial charge on any atom is -0.322 e. The zero-order valence-corrected chi connectivity index (χ0v) is 18.5. The van der Waals surface area contributed by atoms with Crippen LogP contribution in [0.2, 0.25) is 0 Å². The highest BCUT2D eigenvalue weighted by atomic mass is 32.2. The molecule has 1 heterocycles. The number of amides is 1. The second-order valence-electron chi connectivity index (χ2n) is 7.83. The van der Waals surface area contributed by atoms with Gasteiger partial charge in [0.15, 0.2) is 0 Å². The molecule has 1 amide bonds. The highest BCUT2D eigenvalue weighted by molar-refractivity contribution is 7.92. The third kappa shape index (κ3) is 4.59. The molecule has 0 radical (unpaired) electrons. The lowest BCUT2D eigenvalue weighted by molar-refractivity contribution is -0.137. The number of rotatable bonds is 4. The number of anilines is 2. The van der Waals surface area contributed by atoms with Gasteiger partial charge in [0.2, 0.25) is 0 Å². The minimum absolute atomic E-state index is 0.148. The van der Waals surface area contributed by atoms with Gasteiger partial charge in [-0.05, 0) is 61.7 Å². The van der Waals surface area contributed by atoms with Crippen LogP contribution in [-0.2, 0) is 22.6 Å². The summed E-state index contributed by atoms with van der Waals surface area (Å²) in [6.45, 7) is 2.12. The number of aryl methyl sites for hydroxylation is 2. The molecule has 33 heavy (non-hydrogen) atoms. The zero-order chi connectivity index (χ0) is 23.8. The summed E-state index contributed by atoms with van der Waals surface area (Å²) in [5.41, 5.74) is 0.782. The van der Waals surface area contributed by atoms with E-state index in [-0.39, 0.29) is 17.1 Å². The van der Waals surface area contributed by atoms with Crippen molar-refractivity contribution in [2.75, 3.05) is 16.2 Å². The lowest BCUT2D eigenvalue weighted by atomic mass is 10.0. The van der Waals surface area contributed by atoms with E-state index in [1.807, 2.05) is 6.92 Å². The van der Waals surface area contributed by atoms with Gasteiger partial charge < -0.3 is 5.32 Å². The van der Waals surface area contributed by atoms with Crippen molar-refractivity contribution in [3.05, 3.63) is 89.0 Å². The van der Waals surface area contributed by atoms with Gasteiger partial charge in [-0.1, -0.05) is 35.9 Å². The quantitative estimate of drug-likeness (QED) is 0.550. The molecule has 9 heteroatoms. The zero-order valence-electron chi connectivity index (χ0n) is 17.7. The maximum absolute atomic E-state index is 13.3. The molecular weight excluding hydrogens is 453 g/mol. The average molecular weight is 475 g/mol. The number of halogens is 3. The molecule has 0 aliphatic carbocycles. The van der Waals surface area contributed by atoms with E-state index in [1.165, 1.54) is 22.5 Å². The summed E-state index contributed by atoms with van der Waals surface area (Å²) in [4.78, 5) is 12.8. The highest BCUT2D eigenvalue weighted by Crippen LogP contribution is 2.35. The largest absolute Gasteiger partial charge is 0.417 e. The van der Waals surface area contributed by atoms with Crippen LogP contribution in [0.1, 0.15) is 33.5 Å². The monoisotopic (exact) mass is 474 g/mol. The predicted octanol–water partition coefficient (Wildman–Crippen LogP) is 5.41. The van der Waals surface area contributed by atoms with Crippen LogP contribution in [-0.4, -0.2) is 20.9 Å². The number of nitrogens with zero attached hydrogens (tertiary/aromatic N) is 1. The second kappa shape index (κ2) is 8.55. The summed E-state index contributed by atoms with van der Waals surface area (Å²) in [6, 6.07) is 15.8. The number of carbonyl (C=O) groups excluding carboxylic acids is 1. The summed E-state index contributed by atoms with van der Waals surface area (Å²) in [5.74, 6) is -0.924. The van der Waals surface area contributed by atoms with Crippen LogP contribution < -0.4 is 9.62 Å². The fraction of sp³-hybridized carbons (Fsp3) is 0.208. The first-order chi connectivity index (χ1) is 15.6. The van der Waals surface area contributed by atoms with Crippen LogP contribution >= 0.6 is 0 Å². The van der Waals surface area contributed by atoms with Crippen LogP contribution in [0.3, 0.4) is 0 Å². The van der Waals surface area contributed by atoms with Crippen molar-refractivity contribution < 1.29 is 26.4 Å². The summed E-state index contributed by atoms with van der Waals surface area (Å²) in [6.07, 6.45) is -3.40. The first-order valence-electron chi connectivity index (χ1n) is 10.3. The summed E-state index contributed by atoms with van der Waals surface area (Å²) in [5, 5.41) is 2.48. The molecule has 0 fully saturated rings. The van der Waals surface area contributed by atoms with Crippen LogP contribution in [0.4, 0.5) is 24.5 Å². The lowest BCUT2D eigenvalue weighted by Gasteiger charge is -2.31. The molecule has 3 aromatic rings. The molecule has 3 aromatic carbocycles. The lowest BCUT2D eigenvalue weighted by Crippen LogP contribution is -2.35. The van der Waals surface area contributed by atoms with Gasteiger partial charge in [0.05, 0.1) is 21.7 Å². The number of sulfonamides is 1. The number of carbonyl (C=O) groups is 1. The van der Waals surface area contributed by atoms with E-state index < -0.39 is 33.2 Å². The van der Waals surface area contributed by atoms with Crippen LogP contribution in [0, 0.1) is 6.92 Å². The number of hydrogen-bond donors (Lipinski definition) is 1. The molecule has 1 aliphatic rings. The van der Waals surface area contributed by atoms with Gasteiger partial charge in [-0.3, -0.25) is 9.10 Å². The highest BCUT2D eigenvalue weighted by Gasteiger charge is 2.35. The Morgan fingerprint density at radius 1 is 1.00 bits per heavy atom. The Bertz CT molecular complexity index is 1300. The Labute approximate surface area is 189 Å². The number of fused-ring (bicyclic) bond motifs is 1. The van der Waals surface area contributed by atoms with Crippen molar-refractivity contribution in [1.29, 1.82) is 0 Å². The standard InChI is InChI=1S/C24H21F3N2O3S/c1-16-8-12-19(13-9-16)33(31,32)29-14-4-5-17-10-11-18(15-22(17)29)28-23(30)20-6-2-3-7-21(20)24(25,26)27/h2-3,6-13,15H,4-5,14H2,1H3,(H,28,30). The van der Waals surface area contributed by atoms with Crippen LogP contribution in [0.15, 0.2) is 71.6 Å². The van der Waals surface area contributed by atoms with Crippen molar-refractivity contribution in [3.8, 4) is 0 Å². The van der Waals surface area contributed by atoms with E-state index in [2.05, 4.69) is 5.32 Å². The fourth-order valence-corrected chi connectivity index (χ4v) is 5.37. The fourth-order valence-electron chi connectivity index (χ4n) is 3.83. The van der Waals surface area contributed by atoms with Gasteiger partial charge in [-0.2, -0.15) is 13.2 Å². The molecule has 4 rings (SSSR count). The van der Waals surface area contributed by atoms with Crippen molar-refractivity contribution in [2.45, 2.75) is 30.8 Å². The Morgan fingerprint density at radius 2 is 1.70 bits per heavy atom. The molecular formula is C24H21F3N2O3S. The maximum Gasteiger partial charge on any atom is 0.417 e. The molecule has 172 valence electrons. The van der Waals surface area contributed by atoms with Crippen molar-refractivity contribution >= 4 is 27.3 Å². The van der Waals surface area contributed by atoms with E-state index in [0.717, 1.165) is 23.3 Å². The Balaban J connectivity index is 1.67. The molecule has 0 spiro atoms. The summed E-state index contributed by atoms with van der Waals surface area (Å²) in [7, 11) is -3.84. The minimum atomic E-state index is -4.68. The third-order valence-corrected chi connectivity index (χ3v) is 7.33. The van der Waals surface area contributed by atoms with Crippen molar-refractivity contribution in [2.24, 2.45) is 0 Å². The molecule has 0 unspecified atom stereocenters. The van der Waals surface area contributed by atoms with E-state index in [1.54, 1.807) is 36.4 Å². The number of benzene rings is 3. The number of hydrogen-bond acceptors (Lipinski definition) is 3. The average Bonchev–Trinajstić information content (AvgIpc) is 2.78. The molecule has 1 aliphatic heterocycles. The first-order valence-corrected chi connectivity index (χ1v) is 11.7. The van der Waals surface area contributed by atoms with E-state index in [4.69, 9.17) is 0 Å². The predicted molar refractivity (Wildman–Crippen MR) is 120 cm³/mol. The van der Waals surface area contributed by atoms with E-state index >= 15 is 0 Å². The Hall–Kier alpha value is -3.33. The molecule has 0 aromatic heterocycles. The van der Waals surface area contributed by atoms with Gasteiger partial charge >= 0.3 is 6.18 Å². The molecule has 0 atom stereocenters. The number of alkyl halides is 3. The number of nitrogens with one attached hydrogen (secondary N) is 1. The SMILES string of the molecule is Cc1ccc(S(=O)(=O)N2CCCc3ccc(NC(=O)c4ccccc4C(F)(F)F)cc32)cc1. The molecule has 5 nitrogen and oxygen atoms in total. The van der Waals surface area contributed by atoms with E-state index in [9.17, 15) is 26.4 Å². The van der Waals surface area contributed by atoms with Crippen LogP contribution in [0.5, 0.6) is 0 Å². The smallest absolute Gasteiger partial charge is 0.322 e. The Morgan fingerprint density at radius 3 is 2.39 bits per heavy atom. The molecule has 0 saturated carbocycles. The Kier molecular flexibility index (Phi) is 5.92. The van der Waals surface area contributed by atoms with Gasteiger partial charge in [-0.25, -0.2) is 8.42 Å². The van der Waals surface area contributed by atoms with Crippen molar-refractivity contribution in [1.82, 2.24) is 0 Å². The van der Waals surface area contributed by atoms with Crippen molar-refractivity contribution in [3.63, 3.8) is 0 Å². The molecule has 1 N–H and O–H groups in total. The second-order valence-corrected chi connectivity index (χ2v) is 9.70. The van der Waals surface area contributed by atoms with Gasteiger partial charge in [0.25, 0.3) is 15.9 Å².